The maximum absolute atomic E-state index is 6.44. The smallest absolute Gasteiger partial charge is 0.124 e. The van der Waals surface area contributed by atoms with E-state index in [-0.39, 0.29) is 0 Å². The third kappa shape index (κ3) is 3.06. The van der Waals surface area contributed by atoms with Gasteiger partial charge in [0.1, 0.15) is 11.9 Å². The van der Waals surface area contributed by atoms with E-state index in [1.165, 1.54) is 43.3 Å². The molecular weight excluding hydrogens is 270 g/mol. The van der Waals surface area contributed by atoms with Crippen molar-refractivity contribution in [2.75, 3.05) is 0 Å². The SMILES string of the molecule is C=C1/C=C\C=C/C/C(C2=C(C)C3CCCCCC3O2)=C(/C)N1. The van der Waals surface area contributed by atoms with Gasteiger partial charge in [-0.1, -0.05) is 37.6 Å². The summed E-state index contributed by atoms with van der Waals surface area (Å²) in [4.78, 5) is 0. The van der Waals surface area contributed by atoms with Gasteiger partial charge in [-0.3, -0.25) is 0 Å². The summed E-state index contributed by atoms with van der Waals surface area (Å²) in [7, 11) is 0. The molecule has 3 rings (SSSR count). The van der Waals surface area contributed by atoms with E-state index in [4.69, 9.17) is 4.74 Å². The first-order valence-corrected chi connectivity index (χ1v) is 8.53. The molecule has 0 aromatic rings. The zero-order valence-electron chi connectivity index (χ0n) is 13.8. The van der Waals surface area contributed by atoms with Crippen molar-refractivity contribution in [2.24, 2.45) is 5.92 Å². The molecule has 0 spiro atoms. The summed E-state index contributed by atoms with van der Waals surface area (Å²) >= 11 is 0. The summed E-state index contributed by atoms with van der Waals surface area (Å²) in [6.45, 7) is 8.45. The second kappa shape index (κ2) is 6.60. The van der Waals surface area contributed by atoms with Gasteiger partial charge in [0.25, 0.3) is 0 Å². The Hall–Kier alpha value is -1.70. The van der Waals surface area contributed by atoms with Crippen molar-refractivity contribution in [3.8, 4) is 0 Å². The Balaban J connectivity index is 1.92. The lowest BCUT2D eigenvalue weighted by Crippen LogP contribution is -2.16. The lowest BCUT2D eigenvalue weighted by molar-refractivity contribution is 0.109. The summed E-state index contributed by atoms with van der Waals surface area (Å²) < 4.78 is 6.44. The number of rotatable bonds is 1. The van der Waals surface area contributed by atoms with E-state index in [0.717, 1.165) is 23.6 Å². The minimum atomic E-state index is 0.399. The molecule has 0 aromatic carbocycles. The molecule has 1 aliphatic carbocycles. The van der Waals surface area contributed by atoms with Crippen LogP contribution in [0.2, 0.25) is 0 Å². The number of nitrogens with one attached hydrogen (secondary N) is 1. The molecule has 1 saturated carbocycles. The maximum atomic E-state index is 6.44. The molecule has 118 valence electrons. The zero-order chi connectivity index (χ0) is 15.5. The van der Waals surface area contributed by atoms with E-state index in [0.29, 0.717) is 12.0 Å². The lowest BCUT2D eigenvalue weighted by Gasteiger charge is -2.18. The molecule has 22 heavy (non-hydrogen) atoms. The van der Waals surface area contributed by atoms with Crippen molar-refractivity contribution in [2.45, 2.75) is 58.5 Å². The molecule has 2 heterocycles. The van der Waals surface area contributed by atoms with E-state index >= 15 is 0 Å². The van der Waals surface area contributed by atoms with E-state index in [1.54, 1.807) is 0 Å². The van der Waals surface area contributed by atoms with Crippen LogP contribution in [0.3, 0.4) is 0 Å². The predicted molar refractivity (Wildman–Crippen MR) is 92.0 cm³/mol. The van der Waals surface area contributed by atoms with Crippen molar-refractivity contribution < 1.29 is 4.74 Å². The molecule has 2 unspecified atom stereocenters. The van der Waals surface area contributed by atoms with E-state index < -0.39 is 0 Å². The van der Waals surface area contributed by atoms with Gasteiger partial charge in [0.2, 0.25) is 0 Å². The highest BCUT2D eigenvalue weighted by Gasteiger charge is 2.36. The summed E-state index contributed by atoms with van der Waals surface area (Å²) in [5, 5.41) is 3.41. The molecule has 2 nitrogen and oxygen atoms in total. The third-order valence-electron chi connectivity index (χ3n) is 5.08. The Bertz CT molecular complexity index is 577. The minimum Gasteiger partial charge on any atom is -0.489 e. The monoisotopic (exact) mass is 297 g/mol. The molecule has 0 radical (unpaired) electrons. The van der Waals surface area contributed by atoms with Gasteiger partial charge < -0.3 is 10.1 Å². The number of fused-ring (bicyclic) bond motifs is 1. The summed E-state index contributed by atoms with van der Waals surface area (Å²) in [5.41, 5.74) is 4.82. The van der Waals surface area contributed by atoms with Gasteiger partial charge in [-0.15, -0.1) is 0 Å². The molecule has 0 amide bonds. The van der Waals surface area contributed by atoms with Crippen LogP contribution in [0.4, 0.5) is 0 Å². The molecule has 1 N–H and O–H groups in total. The Kier molecular flexibility index (Phi) is 4.56. The first-order valence-electron chi connectivity index (χ1n) is 8.53. The van der Waals surface area contributed by atoms with Crippen LogP contribution in [0.1, 0.15) is 52.4 Å². The largest absolute Gasteiger partial charge is 0.489 e. The zero-order valence-corrected chi connectivity index (χ0v) is 13.8. The van der Waals surface area contributed by atoms with Gasteiger partial charge in [-0.05, 0) is 51.2 Å². The quantitative estimate of drug-likeness (QED) is 0.724. The van der Waals surface area contributed by atoms with Crippen LogP contribution < -0.4 is 5.32 Å². The molecule has 0 bridgehead atoms. The van der Waals surface area contributed by atoms with Gasteiger partial charge in [-0.25, -0.2) is 0 Å². The van der Waals surface area contributed by atoms with Crippen LogP contribution >= 0.6 is 0 Å². The summed E-state index contributed by atoms with van der Waals surface area (Å²) in [6.07, 6.45) is 16.1. The summed E-state index contributed by atoms with van der Waals surface area (Å²) in [5.74, 6) is 1.76. The molecule has 3 aliphatic rings. The number of hydrogen-bond donors (Lipinski definition) is 1. The highest BCUT2D eigenvalue weighted by molar-refractivity contribution is 5.41. The van der Waals surface area contributed by atoms with Gasteiger partial charge in [0.15, 0.2) is 0 Å². The third-order valence-corrected chi connectivity index (χ3v) is 5.08. The van der Waals surface area contributed by atoms with E-state index in [1.807, 2.05) is 12.2 Å². The van der Waals surface area contributed by atoms with Crippen molar-refractivity contribution in [3.05, 3.63) is 59.2 Å². The fourth-order valence-electron chi connectivity index (χ4n) is 3.84. The molecule has 0 aromatic heterocycles. The van der Waals surface area contributed by atoms with Crippen molar-refractivity contribution in [1.82, 2.24) is 5.32 Å². The average Bonchev–Trinajstić information content (AvgIpc) is 2.68. The van der Waals surface area contributed by atoms with Crippen LogP contribution in [0, 0.1) is 5.92 Å². The fraction of sp³-hybridized carbons (Fsp3) is 0.500. The molecular formula is C20H27NO. The molecule has 1 fully saturated rings. The second-order valence-corrected chi connectivity index (χ2v) is 6.66. The standard InChI is InChI=1S/C20H27NO/c1-14-10-6-4-8-12-18(16(3)21-14)20-15(2)17-11-7-5-9-13-19(17)22-20/h4,6,8,10,17,19,21H,1,5,7,9,11-13H2,2-3H3/b8-4-,10-6-,18-16+. The second-order valence-electron chi connectivity index (χ2n) is 6.66. The molecule has 2 aliphatic heterocycles. The Morgan fingerprint density at radius 3 is 2.82 bits per heavy atom. The average molecular weight is 297 g/mol. The van der Waals surface area contributed by atoms with Crippen molar-refractivity contribution in [3.63, 3.8) is 0 Å². The van der Waals surface area contributed by atoms with Gasteiger partial charge in [-0.2, -0.15) is 0 Å². The van der Waals surface area contributed by atoms with Gasteiger partial charge in [0.05, 0.1) is 0 Å². The van der Waals surface area contributed by atoms with E-state index in [9.17, 15) is 0 Å². The highest BCUT2D eigenvalue weighted by atomic mass is 16.5. The lowest BCUT2D eigenvalue weighted by atomic mass is 9.90. The normalized spacial score (nSPS) is 35.5. The Morgan fingerprint density at radius 1 is 1.14 bits per heavy atom. The first-order chi connectivity index (χ1) is 10.7. The van der Waals surface area contributed by atoms with Crippen LogP contribution in [-0.4, -0.2) is 6.10 Å². The summed E-state index contributed by atoms with van der Waals surface area (Å²) in [6, 6.07) is 0. The minimum absolute atomic E-state index is 0.399. The topological polar surface area (TPSA) is 21.3 Å². The Morgan fingerprint density at radius 2 is 1.95 bits per heavy atom. The molecule has 2 atom stereocenters. The van der Waals surface area contributed by atoms with Crippen LogP contribution in [0.25, 0.3) is 0 Å². The van der Waals surface area contributed by atoms with Crippen LogP contribution in [-0.2, 0) is 4.74 Å². The number of allylic oxidation sites excluding steroid dienone is 6. The first kappa shape index (κ1) is 15.2. The van der Waals surface area contributed by atoms with Crippen LogP contribution in [0.15, 0.2) is 59.2 Å². The van der Waals surface area contributed by atoms with Crippen molar-refractivity contribution in [1.29, 1.82) is 0 Å². The van der Waals surface area contributed by atoms with Crippen molar-refractivity contribution >= 4 is 0 Å². The van der Waals surface area contributed by atoms with Crippen LogP contribution in [0.5, 0.6) is 0 Å². The highest BCUT2D eigenvalue weighted by Crippen LogP contribution is 2.42. The number of ether oxygens (including phenoxy) is 1. The maximum Gasteiger partial charge on any atom is 0.124 e. The van der Waals surface area contributed by atoms with Gasteiger partial charge >= 0.3 is 0 Å². The fourth-order valence-corrected chi connectivity index (χ4v) is 3.84. The number of hydrogen-bond acceptors (Lipinski definition) is 2. The van der Waals surface area contributed by atoms with Gasteiger partial charge in [0, 0.05) is 22.9 Å². The van der Waals surface area contributed by atoms with E-state index in [2.05, 4.69) is 37.9 Å². The predicted octanol–water partition coefficient (Wildman–Crippen LogP) is 5.13. The Labute approximate surface area is 134 Å². The molecule has 2 heteroatoms. The molecule has 0 saturated heterocycles.